The zero-order valence-electron chi connectivity index (χ0n) is 12.7. The summed E-state index contributed by atoms with van der Waals surface area (Å²) < 4.78 is 1.94. The fourth-order valence-electron chi connectivity index (χ4n) is 2.48. The Bertz CT molecular complexity index is 561. The third-order valence-corrected chi connectivity index (χ3v) is 3.58. The summed E-state index contributed by atoms with van der Waals surface area (Å²) in [6.45, 7) is 7.08. The van der Waals surface area contributed by atoms with E-state index in [1.165, 1.54) is 11.3 Å². The smallest absolute Gasteiger partial charge is 0.0648 e. The van der Waals surface area contributed by atoms with Crippen molar-refractivity contribution in [3.8, 4) is 0 Å². The Labute approximate surface area is 120 Å². The van der Waals surface area contributed by atoms with E-state index < -0.39 is 0 Å². The summed E-state index contributed by atoms with van der Waals surface area (Å²) in [6.07, 6.45) is 3.87. The first-order chi connectivity index (χ1) is 9.61. The van der Waals surface area contributed by atoms with E-state index in [0.717, 1.165) is 30.8 Å². The van der Waals surface area contributed by atoms with E-state index in [0.29, 0.717) is 6.04 Å². The van der Waals surface area contributed by atoms with E-state index >= 15 is 0 Å². The van der Waals surface area contributed by atoms with Gasteiger partial charge in [-0.3, -0.25) is 4.68 Å². The van der Waals surface area contributed by atoms with Crippen LogP contribution in [0, 0.1) is 13.8 Å². The van der Waals surface area contributed by atoms with E-state index in [4.69, 9.17) is 0 Å². The standard InChI is InChI=1S/C15H23N5/c1-5-16-15(7-6-13-8-9-17-20(13)4)14-10-11(2)18-19-12(14)3/h8-10,15-16H,5-7H2,1-4H3. The number of rotatable bonds is 6. The van der Waals surface area contributed by atoms with Crippen LogP contribution in [0.5, 0.6) is 0 Å². The van der Waals surface area contributed by atoms with Gasteiger partial charge in [-0.15, -0.1) is 0 Å². The average Bonchev–Trinajstić information content (AvgIpc) is 2.83. The zero-order chi connectivity index (χ0) is 14.5. The Balaban J connectivity index is 2.14. The van der Waals surface area contributed by atoms with E-state index in [1.54, 1.807) is 0 Å². The molecule has 108 valence electrons. The van der Waals surface area contributed by atoms with Crippen LogP contribution in [0.15, 0.2) is 18.3 Å². The first-order valence-electron chi connectivity index (χ1n) is 7.13. The lowest BCUT2D eigenvalue weighted by Crippen LogP contribution is -2.23. The van der Waals surface area contributed by atoms with Gasteiger partial charge in [-0.1, -0.05) is 6.92 Å². The minimum absolute atomic E-state index is 0.309. The average molecular weight is 273 g/mol. The number of aryl methyl sites for hydroxylation is 4. The van der Waals surface area contributed by atoms with Crippen LogP contribution in [0.4, 0.5) is 0 Å². The third kappa shape index (κ3) is 3.42. The molecule has 1 atom stereocenters. The minimum atomic E-state index is 0.309. The molecule has 0 saturated carbocycles. The van der Waals surface area contributed by atoms with Crippen LogP contribution in [0.25, 0.3) is 0 Å². The van der Waals surface area contributed by atoms with Gasteiger partial charge < -0.3 is 5.32 Å². The van der Waals surface area contributed by atoms with Gasteiger partial charge in [0.15, 0.2) is 0 Å². The lowest BCUT2D eigenvalue weighted by Gasteiger charge is -2.20. The number of nitrogens with zero attached hydrogens (tertiary/aromatic N) is 4. The summed E-state index contributed by atoms with van der Waals surface area (Å²) in [5, 5.41) is 16.1. The molecule has 5 nitrogen and oxygen atoms in total. The molecular formula is C15H23N5. The predicted molar refractivity (Wildman–Crippen MR) is 79.5 cm³/mol. The molecule has 0 aliphatic heterocycles. The van der Waals surface area contributed by atoms with Gasteiger partial charge in [0.2, 0.25) is 0 Å². The molecule has 0 saturated heterocycles. The van der Waals surface area contributed by atoms with E-state index in [-0.39, 0.29) is 0 Å². The predicted octanol–water partition coefficient (Wildman–Crippen LogP) is 2.11. The molecule has 0 spiro atoms. The van der Waals surface area contributed by atoms with Crippen LogP contribution in [0.2, 0.25) is 0 Å². The van der Waals surface area contributed by atoms with Crippen molar-refractivity contribution in [1.82, 2.24) is 25.3 Å². The molecule has 0 aliphatic rings. The summed E-state index contributed by atoms with van der Waals surface area (Å²) >= 11 is 0. The topological polar surface area (TPSA) is 55.6 Å². The van der Waals surface area contributed by atoms with Crippen molar-refractivity contribution < 1.29 is 0 Å². The highest BCUT2D eigenvalue weighted by atomic mass is 15.2. The summed E-state index contributed by atoms with van der Waals surface area (Å²) in [4.78, 5) is 0. The Morgan fingerprint density at radius 3 is 2.75 bits per heavy atom. The number of nitrogens with one attached hydrogen (secondary N) is 1. The molecular weight excluding hydrogens is 250 g/mol. The molecule has 0 radical (unpaired) electrons. The van der Waals surface area contributed by atoms with E-state index in [2.05, 4.69) is 39.7 Å². The lowest BCUT2D eigenvalue weighted by molar-refractivity contribution is 0.500. The first-order valence-corrected chi connectivity index (χ1v) is 7.13. The van der Waals surface area contributed by atoms with Gasteiger partial charge in [-0.25, -0.2) is 0 Å². The normalized spacial score (nSPS) is 12.6. The van der Waals surface area contributed by atoms with Crippen molar-refractivity contribution in [2.75, 3.05) is 6.54 Å². The maximum Gasteiger partial charge on any atom is 0.0648 e. The van der Waals surface area contributed by atoms with Crippen LogP contribution in [0.1, 0.15) is 42.0 Å². The molecule has 0 aliphatic carbocycles. The van der Waals surface area contributed by atoms with Gasteiger partial charge in [0.25, 0.3) is 0 Å². The molecule has 2 heterocycles. The summed E-state index contributed by atoms with van der Waals surface area (Å²) in [5.74, 6) is 0. The number of hydrogen-bond acceptors (Lipinski definition) is 4. The van der Waals surface area contributed by atoms with Crippen LogP contribution < -0.4 is 5.32 Å². The van der Waals surface area contributed by atoms with Gasteiger partial charge in [0.05, 0.1) is 11.4 Å². The number of aromatic nitrogens is 4. The highest BCUT2D eigenvalue weighted by Gasteiger charge is 2.15. The van der Waals surface area contributed by atoms with Crippen molar-refractivity contribution in [2.24, 2.45) is 7.05 Å². The van der Waals surface area contributed by atoms with E-state index in [1.807, 2.05) is 31.8 Å². The molecule has 0 fully saturated rings. The maximum absolute atomic E-state index is 4.24. The second-order valence-electron chi connectivity index (χ2n) is 5.12. The summed E-state index contributed by atoms with van der Waals surface area (Å²) in [6, 6.07) is 4.52. The minimum Gasteiger partial charge on any atom is -0.310 e. The quantitative estimate of drug-likeness (QED) is 0.876. The molecule has 2 aromatic heterocycles. The number of hydrogen-bond donors (Lipinski definition) is 1. The monoisotopic (exact) mass is 273 g/mol. The van der Waals surface area contributed by atoms with Gasteiger partial charge in [-0.2, -0.15) is 15.3 Å². The molecule has 0 bridgehead atoms. The van der Waals surface area contributed by atoms with Gasteiger partial charge in [-0.05, 0) is 50.9 Å². The maximum atomic E-state index is 4.24. The largest absolute Gasteiger partial charge is 0.310 e. The van der Waals surface area contributed by atoms with Crippen LogP contribution in [-0.4, -0.2) is 26.5 Å². The summed E-state index contributed by atoms with van der Waals surface area (Å²) in [5.41, 5.74) is 4.48. The van der Waals surface area contributed by atoms with E-state index in [9.17, 15) is 0 Å². The Morgan fingerprint density at radius 2 is 2.10 bits per heavy atom. The van der Waals surface area contributed by atoms with Crippen molar-refractivity contribution in [2.45, 2.75) is 39.7 Å². The lowest BCUT2D eigenvalue weighted by atomic mass is 9.99. The molecule has 0 aromatic carbocycles. The fourth-order valence-corrected chi connectivity index (χ4v) is 2.48. The molecule has 2 aromatic rings. The van der Waals surface area contributed by atoms with Gasteiger partial charge in [0, 0.05) is 25.0 Å². The highest BCUT2D eigenvalue weighted by molar-refractivity contribution is 5.24. The second-order valence-corrected chi connectivity index (χ2v) is 5.12. The van der Waals surface area contributed by atoms with Crippen molar-refractivity contribution in [3.05, 3.63) is 41.0 Å². The summed E-state index contributed by atoms with van der Waals surface area (Å²) in [7, 11) is 1.99. The Kier molecular flexibility index (Phi) is 4.84. The van der Waals surface area contributed by atoms with Crippen LogP contribution >= 0.6 is 0 Å². The van der Waals surface area contributed by atoms with Gasteiger partial charge in [0.1, 0.15) is 0 Å². The Hall–Kier alpha value is -1.75. The van der Waals surface area contributed by atoms with Crippen molar-refractivity contribution in [3.63, 3.8) is 0 Å². The van der Waals surface area contributed by atoms with Crippen LogP contribution in [0.3, 0.4) is 0 Å². The SMILES string of the molecule is CCNC(CCc1ccnn1C)c1cc(C)nnc1C. The fraction of sp³-hybridized carbons (Fsp3) is 0.533. The van der Waals surface area contributed by atoms with Crippen molar-refractivity contribution in [1.29, 1.82) is 0 Å². The van der Waals surface area contributed by atoms with Crippen LogP contribution in [-0.2, 0) is 13.5 Å². The molecule has 20 heavy (non-hydrogen) atoms. The first kappa shape index (κ1) is 14.7. The molecule has 0 amide bonds. The third-order valence-electron chi connectivity index (χ3n) is 3.58. The molecule has 2 rings (SSSR count). The molecule has 5 heteroatoms. The van der Waals surface area contributed by atoms with Gasteiger partial charge >= 0.3 is 0 Å². The second kappa shape index (κ2) is 6.61. The highest BCUT2D eigenvalue weighted by Crippen LogP contribution is 2.21. The Morgan fingerprint density at radius 1 is 1.30 bits per heavy atom. The molecule has 1 unspecified atom stereocenters. The molecule has 1 N–H and O–H groups in total. The van der Waals surface area contributed by atoms with Crippen molar-refractivity contribution >= 4 is 0 Å². The zero-order valence-corrected chi connectivity index (χ0v) is 12.7.